The molecule has 0 N–H and O–H groups in total. The second-order valence-electron chi connectivity index (χ2n) is 6.12. The molecule has 8 nitrogen and oxygen atoms in total. The van der Waals surface area contributed by atoms with Gasteiger partial charge in [0.15, 0.2) is 26.5 Å². The highest BCUT2D eigenvalue weighted by Crippen LogP contribution is 2.43. The molecule has 3 aliphatic rings. The number of benzene rings is 1. The fourth-order valence-corrected chi connectivity index (χ4v) is 7.19. The molecular formula is C16H15N3O5S2. The van der Waals surface area contributed by atoms with Crippen LogP contribution in [0.1, 0.15) is 6.42 Å². The van der Waals surface area contributed by atoms with Crippen molar-refractivity contribution in [3.63, 3.8) is 0 Å². The smallest absolute Gasteiger partial charge is 0.262 e. The van der Waals surface area contributed by atoms with E-state index < -0.39 is 15.7 Å². The summed E-state index contributed by atoms with van der Waals surface area (Å²) in [6.07, 6.45) is -0.313. The van der Waals surface area contributed by atoms with Gasteiger partial charge < -0.3 is 14.4 Å². The number of hydrogen-bond acceptors (Lipinski definition) is 7. The number of carbonyl (C=O) groups excluding carboxylic acids is 1. The number of rotatable bonds is 2. The number of hydrogen-bond donors (Lipinski definition) is 0. The van der Waals surface area contributed by atoms with Gasteiger partial charge >= 0.3 is 0 Å². The normalized spacial score (nSPS) is 27.2. The lowest BCUT2D eigenvalue weighted by Gasteiger charge is -2.26. The average Bonchev–Trinajstić information content (AvgIpc) is 3.05. The van der Waals surface area contributed by atoms with E-state index in [1.54, 1.807) is 29.2 Å². The average molecular weight is 393 g/mol. The van der Waals surface area contributed by atoms with E-state index in [0.29, 0.717) is 35.6 Å². The van der Waals surface area contributed by atoms with E-state index >= 15 is 0 Å². The number of amidine groups is 1. The van der Waals surface area contributed by atoms with Crippen LogP contribution in [0.15, 0.2) is 23.2 Å². The molecule has 0 spiro atoms. The van der Waals surface area contributed by atoms with E-state index in [2.05, 4.69) is 4.99 Å². The molecule has 3 aliphatic heterocycles. The van der Waals surface area contributed by atoms with E-state index in [0.717, 1.165) is 0 Å². The molecule has 1 amide bonds. The fraction of sp³-hybridized carbons (Fsp3) is 0.438. The van der Waals surface area contributed by atoms with Crippen molar-refractivity contribution in [2.24, 2.45) is 4.99 Å². The maximum Gasteiger partial charge on any atom is 0.262 e. The molecule has 2 atom stereocenters. The molecule has 4 rings (SSSR count). The Morgan fingerprint density at radius 3 is 2.85 bits per heavy atom. The van der Waals surface area contributed by atoms with E-state index in [1.807, 2.05) is 0 Å². The number of aliphatic imine (C=N–C) groups is 1. The molecule has 2 fully saturated rings. The summed E-state index contributed by atoms with van der Waals surface area (Å²) in [6.45, 7) is 0.914. The van der Waals surface area contributed by atoms with Crippen LogP contribution in [-0.4, -0.2) is 55.5 Å². The van der Waals surface area contributed by atoms with Crippen LogP contribution in [0.5, 0.6) is 11.5 Å². The molecular weight excluding hydrogens is 378 g/mol. The summed E-state index contributed by atoms with van der Waals surface area (Å²) in [7, 11) is -3.14. The largest absolute Gasteiger partial charge is 0.486 e. The molecule has 0 radical (unpaired) electrons. The third-order valence-electron chi connectivity index (χ3n) is 4.32. The van der Waals surface area contributed by atoms with Gasteiger partial charge in [0.25, 0.3) is 5.91 Å². The molecule has 0 aliphatic carbocycles. The lowest BCUT2D eigenvalue weighted by molar-refractivity contribution is -0.116. The zero-order valence-corrected chi connectivity index (χ0v) is 15.3. The molecule has 0 saturated carbocycles. The minimum Gasteiger partial charge on any atom is -0.486 e. The van der Waals surface area contributed by atoms with Gasteiger partial charge in [-0.05, 0) is 12.1 Å². The van der Waals surface area contributed by atoms with Crippen molar-refractivity contribution < 1.29 is 22.7 Å². The molecule has 3 heterocycles. The predicted molar refractivity (Wildman–Crippen MR) is 96.4 cm³/mol. The first-order valence-corrected chi connectivity index (χ1v) is 10.7. The minimum atomic E-state index is -3.14. The van der Waals surface area contributed by atoms with Crippen LogP contribution in [0, 0.1) is 11.3 Å². The highest BCUT2D eigenvalue weighted by atomic mass is 32.2. The lowest BCUT2D eigenvalue weighted by Crippen LogP contribution is -2.37. The zero-order valence-electron chi connectivity index (χ0n) is 13.6. The molecule has 2 unspecified atom stereocenters. The Hall–Kier alpha value is -2.25. The molecule has 1 aromatic carbocycles. The Morgan fingerprint density at radius 2 is 2.08 bits per heavy atom. The topological polar surface area (TPSA) is 109 Å². The number of nitriles is 1. The van der Waals surface area contributed by atoms with Gasteiger partial charge in [0.2, 0.25) is 0 Å². The van der Waals surface area contributed by atoms with Crippen LogP contribution in [0.25, 0.3) is 0 Å². The molecule has 26 heavy (non-hydrogen) atoms. The van der Waals surface area contributed by atoms with E-state index in [4.69, 9.17) is 14.7 Å². The maximum absolute atomic E-state index is 12.1. The molecule has 0 bridgehead atoms. The summed E-state index contributed by atoms with van der Waals surface area (Å²) in [4.78, 5) is 17.7. The second-order valence-corrected chi connectivity index (χ2v) is 9.48. The maximum atomic E-state index is 12.1. The Labute approximate surface area is 154 Å². The summed E-state index contributed by atoms with van der Waals surface area (Å²) >= 11 is 1.27. The molecule has 0 aromatic heterocycles. The molecule has 1 aromatic rings. The summed E-state index contributed by atoms with van der Waals surface area (Å²) in [6, 6.07) is 6.81. The van der Waals surface area contributed by atoms with Crippen molar-refractivity contribution in [3.05, 3.63) is 18.2 Å². The summed E-state index contributed by atoms with van der Waals surface area (Å²) in [5.41, 5.74) is 0.690. The van der Waals surface area contributed by atoms with Crippen LogP contribution in [0.4, 0.5) is 5.69 Å². The van der Waals surface area contributed by atoms with Gasteiger partial charge in [-0.3, -0.25) is 4.79 Å². The minimum absolute atomic E-state index is 0.00453. The van der Waals surface area contributed by atoms with Crippen molar-refractivity contribution in [3.8, 4) is 17.6 Å². The summed E-state index contributed by atoms with van der Waals surface area (Å²) in [5, 5.41) is 8.92. The van der Waals surface area contributed by atoms with Crippen LogP contribution in [0.3, 0.4) is 0 Å². The Kier molecular flexibility index (Phi) is 4.28. The van der Waals surface area contributed by atoms with E-state index in [1.165, 1.54) is 11.8 Å². The number of amides is 1. The molecule has 2 saturated heterocycles. The van der Waals surface area contributed by atoms with Crippen molar-refractivity contribution >= 4 is 38.4 Å². The molecule has 10 heteroatoms. The third-order valence-corrected chi connectivity index (χ3v) is 7.53. The van der Waals surface area contributed by atoms with Gasteiger partial charge in [-0.1, -0.05) is 11.8 Å². The lowest BCUT2D eigenvalue weighted by atomic mass is 10.2. The zero-order chi connectivity index (χ0) is 18.3. The van der Waals surface area contributed by atoms with E-state index in [-0.39, 0.29) is 29.2 Å². The van der Waals surface area contributed by atoms with Gasteiger partial charge in [0.05, 0.1) is 23.6 Å². The monoisotopic (exact) mass is 393 g/mol. The molecule has 136 valence electrons. The first-order chi connectivity index (χ1) is 12.5. The van der Waals surface area contributed by atoms with Gasteiger partial charge in [-0.25, -0.2) is 8.42 Å². The number of thioether (sulfide) groups is 1. The first kappa shape index (κ1) is 17.2. The second kappa shape index (κ2) is 6.48. The van der Waals surface area contributed by atoms with Crippen molar-refractivity contribution in [1.82, 2.24) is 0 Å². The van der Waals surface area contributed by atoms with Crippen LogP contribution in [-0.2, 0) is 14.6 Å². The third kappa shape index (κ3) is 3.12. The van der Waals surface area contributed by atoms with Gasteiger partial charge in [-0.15, -0.1) is 0 Å². The number of sulfone groups is 1. The van der Waals surface area contributed by atoms with Gasteiger partial charge in [0.1, 0.15) is 19.6 Å². The highest BCUT2D eigenvalue weighted by Gasteiger charge is 2.49. The number of nitrogens with zero attached hydrogens (tertiary/aromatic N) is 3. The number of ether oxygens (including phenoxy) is 2. The van der Waals surface area contributed by atoms with Crippen LogP contribution in [0.2, 0.25) is 0 Å². The standard InChI is InChI=1S/C16H15N3O5S2/c17-4-3-15(20)18-16-19(11-8-26(21,22)9-14(11)25-16)10-1-2-12-13(7-10)24-6-5-23-12/h1-2,7,11,14H,3,5-6,8-9H2. The highest BCUT2D eigenvalue weighted by molar-refractivity contribution is 8.16. The van der Waals surface area contributed by atoms with Crippen LogP contribution < -0.4 is 14.4 Å². The van der Waals surface area contributed by atoms with Crippen molar-refractivity contribution in [1.29, 1.82) is 5.26 Å². The fourth-order valence-electron chi connectivity index (χ4n) is 3.26. The number of carbonyl (C=O) groups is 1. The Morgan fingerprint density at radius 1 is 1.31 bits per heavy atom. The first-order valence-electron chi connectivity index (χ1n) is 8.01. The Bertz CT molecular complexity index is 938. The quantitative estimate of drug-likeness (QED) is 0.731. The number of fused-ring (bicyclic) bond motifs is 2. The SMILES string of the molecule is N#CCC(=O)N=C1SC2CS(=O)(=O)CC2N1c1ccc2c(c1)OCCO2. The van der Waals surface area contributed by atoms with Gasteiger partial charge in [0, 0.05) is 17.0 Å². The van der Waals surface area contributed by atoms with Gasteiger partial charge in [-0.2, -0.15) is 10.3 Å². The predicted octanol–water partition coefficient (Wildman–Crippen LogP) is 0.973. The van der Waals surface area contributed by atoms with E-state index in [9.17, 15) is 13.2 Å². The number of anilines is 1. The van der Waals surface area contributed by atoms with Crippen LogP contribution >= 0.6 is 11.8 Å². The van der Waals surface area contributed by atoms with Crippen molar-refractivity contribution in [2.45, 2.75) is 17.7 Å². The Balaban J connectivity index is 1.73. The summed E-state index contributed by atoms with van der Waals surface area (Å²) < 4.78 is 35.2. The van der Waals surface area contributed by atoms with Crippen molar-refractivity contribution in [2.75, 3.05) is 29.6 Å². The summed E-state index contributed by atoms with van der Waals surface area (Å²) in [5.74, 6) is 0.715.